The summed E-state index contributed by atoms with van der Waals surface area (Å²) in [5.74, 6) is 1.04. The fraction of sp³-hybridized carbons (Fsp3) is 0.531. The van der Waals surface area contributed by atoms with E-state index in [-0.39, 0.29) is 29.7 Å². The van der Waals surface area contributed by atoms with Crippen LogP contribution in [0.25, 0.3) is 0 Å². The molecule has 7 heteroatoms. The highest BCUT2D eigenvalue weighted by Gasteiger charge is 2.33. The molecule has 0 bridgehead atoms. The van der Waals surface area contributed by atoms with Gasteiger partial charge in [-0.3, -0.25) is 9.59 Å². The summed E-state index contributed by atoms with van der Waals surface area (Å²) in [5, 5.41) is 0. The molecule has 2 aliphatic heterocycles. The minimum atomic E-state index is -0.587. The van der Waals surface area contributed by atoms with Crippen LogP contribution in [0.1, 0.15) is 93.3 Å². The van der Waals surface area contributed by atoms with Gasteiger partial charge in [-0.15, -0.1) is 0 Å². The molecule has 7 nitrogen and oxygen atoms in total. The molecule has 4 rings (SSSR count). The van der Waals surface area contributed by atoms with Crippen molar-refractivity contribution in [2.45, 2.75) is 90.7 Å². The van der Waals surface area contributed by atoms with Gasteiger partial charge in [-0.2, -0.15) is 0 Å². The third-order valence-electron chi connectivity index (χ3n) is 7.87. The van der Waals surface area contributed by atoms with Crippen molar-refractivity contribution in [2.24, 2.45) is 0 Å². The monoisotopic (exact) mass is 534 g/mol. The van der Waals surface area contributed by atoms with Crippen LogP contribution in [0.3, 0.4) is 0 Å². The first-order valence-electron chi connectivity index (χ1n) is 14.2. The normalized spacial score (nSPS) is 15.9. The van der Waals surface area contributed by atoms with Gasteiger partial charge in [-0.05, 0) is 95.2 Å². The highest BCUT2D eigenvalue weighted by molar-refractivity contribution is 6.02. The molecule has 2 aromatic carbocycles. The highest BCUT2D eigenvalue weighted by atomic mass is 16.6. The Bertz CT molecular complexity index is 1230. The van der Waals surface area contributed by atoms with Crippen LogP contribution in [0.4, 0.5) is 10.5 Å². The molecule has 0 spiro atoms. The van der Waals surface area contributed by atoms with Crippen LogP contribution < -0.4 is 9.64 Å². The summed E-state index contributed by atoms with van der Waals surface area (Å²) >= 11 is 0. The maximum atomic E-state index is 13.4. The molecular formula is C32H42N2O5. The molecule has 2 heterocycles. The molecule has 2 atom stereocenters. The molecule has 210 valence electrons. The Morgan fingerprint density at radius 2 is 1.77 bits per heavy atom. The van der Waals surface area contributed by atoms with Gasteiger partial charge in [0.25, 0.3) is 0 Å². The first-order chi connectivity index (χ1) is 18.5. The summed E-state index contributed by atoms with van der Waals surface area (Å²) in [7, 11) is 1.66. The average Bonchev–Trinajstić information content (AvgIpc) is 3.33. The number of aryl methyl sites for hydroxylation is 1. The number of likely N-dealkylation sites (N-methyl/N-ethyl adjacent to an activating group) is 1. The number of amides is 2. The lowest BCUT2D eigenvalue weighted by Crippen LogP contribution is -2.44. The van der Waals surface area contributed by atoms with Gasteiger partial charge >= 0.3 is 6.09 Å². The second kappa shape index (κ2) is 11.8. The minimum Gasteiger partial charge on any atom is -0.496 e. The van der Waals surface area contributed by atoms with E-state index in [9.17, 15) is 14.4 Å². The van der Waals surface area contributed by atoms with Gasteiger partial charge < -0.3 is 19.3 Å². The molecule has 0 saturated heterocycles. The molecule has 0 N–H and O–H groups in total. The van der Waals surface area contributed by atoms with Crippen LogP contribution in [-0.4, -0.2) is 54.5 Å². The Balaban J connectivity index is 1.51. The summed E-state index contributed by atoms with van der Waals surface area (Å²) in [6, 6.07) is 11.7. The second-order valence-electron chi connectivity index (χ2n) is 11.6. The Kier molecular flexibility index (Phi) is 8.67. The molecule has 0 fully saturated rings. The van der Waals surface area contributed by atoms with Crippen LogP contribution in [0.15, 0.2) is 36.4 Å². The maximum absolute atomic E-state index is 13.4. The maximum Gasteiger partial charge on any atom is 0.410 e. The van der Waals surface area contributed by atoms with Crippen molar-refractivity contribution in [3.63, 3.8) is 0 Å². The molecular weight excluding hydrogens is 492 g/mol. The quantitative estimate of drug-likeness (QED) is 0.334. The van der Waals surface area contributed by atoms with E-state index in [1.165, 1.54) is 0 Å². The summed E-state index contributed by atoms with van der Waals surface area (Å²) < 4.78 is 11.4. The zero-order chi connectivity index (χ0) is 28.3. The van der Waals surface area contributed by atoms with Crippen LogP contribution in [0.5, 0.6) is 5.75 Å². The van der Waals surface area contributed by atoms with Crippen molar-refractivity contribution in [1.29, 1.82) is 0 Å². The number of Topliss-reactive ketones (excluding diaryl/α,β-unsaturated/α-hetero) is 1. The first-order valence-corrected chi connectivity index (χ1v) is 14.2. The lowest BCUT2D eigenvalue weighted by molar-refractivity contribution is -0.118. The number of rotatable bonds is 10. The van der Waals surface area contributed by atoms with E-state index < -0.39 is 5.60 Å². The molecule has 2 aromatic rings. The first kappa shape index (κ1) is 28.7. The standard InChI is InChI=1S/C32H42N2O5/c1-7-33(31(37)39-32(3,4)5)21(2)25(26-11-8-9-14-28(26)38-6)12-10-13-27(35)24-19-22-15-16-29(36)34-18-17-23(20-24)30(22)34/h8-9,11,14,19-21,25H,7,10,12-13,15-18H2,1-6H3. The van der Waals surface area contributed by atoms with Crippen LogP contribution >= 0.6 is 0 Å². The molecule has 39 heavy (non-hydrogen) atoms. The van der Waals surface area contributed by atoms with E-state index in [1.807, 2.05) is 75.9 Å². The smallest absolute Gasteiger partial charge is 0.410 e. The van der Waals surface area contributed by atoms with Gasteiger partial charge in [0.2, 0.25) is 5.91 Å². The van der Waals surface area contributed by atoms with Crippen LogP contribution in [-0.2, 0) is 22.4 Å². The van der Waals surface area contributed by atoms with Gasteiger partial charge in [0.05, 0.1) is 12.8 Å². The lowest BCUT2D eigenvalue weighted by atomic mass is 9.85. The summed E-state index contributed by atoms with van der Waals surface area (Å²) in [6.07, 6.45) is 3.48. The van der Waals surface area contributed by atoms with Crippen molar-refractivity contribution in [3.8, 4) is 5.75 Å². The second-order valence-corrected chi connectivity index (χ2v) is 11.6. The Hall–Kier alpha value is -3.35. The van der Waals surface area contributed by atoms with E-state index >= 15 is 0 Å². The lowest BCUT2D eigenvalue weighted by Gasteiger charge is -2.36. The van der Waals surface area contributed by atoms with Crippen molar-refractivity contribution in [2.75, 3.05) is 25.1 Å². The van der Waals surface area contributed by atoms with Crippen molar-refractivity contribution >= 4 is 23.5 Å². The SMILES string of the molecule is CCN(C(=O)OC(C)(C)C)C(C)C(CCCC(=O)c1cc2c3c(c1)CCN3C(=O)CC2)c1ccccc1OC. The molecule has 2 aliphatic rings. The Morgan fingerprint density at radius 3 is 2.44 bits per heavy atom. The zero-order valence-electron chi connectivity index (χ0n) is 24.2. The number of para-hydroxylation sites is 1. The topological polar surface area (TPSA) is 76.2 Å². The summed E-state index contributed by atoms with van der Waals surface area (Å²) in [4.78, 5) is 42.3. The summed E-state index contributed by atoms with van der Waals surface area (Å²) in [5.41, 5.74) is 4.44. The molecule has 0 radical (unpaired) electrons. The number of benzene rings is 2. The Morgan fingerprint density at radius 1 is 1.08 bits per heavy atom. The molecule has 0 saturated carbocycles. The minimum absolute atomic E-state index is 0.0397. The number of carbonyl (C=O) groups excluding carboxylic acids is 3. The largest absolute Gasteiger partial charge is 0.496 e. The number of hydrogen-bond acceptors (Lipinski definition) is 5. The zero-order valence-corrected chi connectivity index (χ0v) is 24.2. The average molecular weight is 535 g/mol. The van der Waals surface area contributed by atoms with Crippen molar-refractivity contribution in [1.82, 2.24) is 4.90 Å². The number of anilines is 1. The van der Waals surface area contributed by atoms with E-state index in [0.29, 0.717) is 45.2 Å². The summed E-state index contributed by atoms with van der Waals surface area (Å²) in [6.45, 7) is 10.8. The van der Waals surface area contributed by atoms with Gasteiger partial charge in [-0.25, -0.2) is 4.79 Å². The van der Waals surface area contributed by atoms with Gasteiger partial charge in [0, 0.05) is 43.5 Å². The number of ether oxygens (including phenoxy) is 2. The number of carbonyl (C=O) groups is 3. The molecule has 2 amide bonds. The van der Waals surface area contributed by atoms with E-state index in [1.54, 1.807) is 12.0 Å². The predicted octanol–water partition coefficient (Wildman–Crippen LogP) is 6.31. The number of methoxy groups -OCH3 is 1. The van der Waals surface area contributed by atoms with Gasteiger partial charge in [0.15, 0.2) is 5.78 Å². The third kappa shape index (κ3) is 6.29. The van der Waals surface area contributed by atoms with Crippen LogP contribution in [0, 0.1) is 0 Å². The van der Waals surface area contributed by atoms with Gasteiger partial charge in [-0.1, -0.05) is 18.2 Å². The van der Waals surface area contributed by atoms with Crippen molar-refractivity contribution < 1.29 is 23.9 Å². The van der Waals surface area contributed by atoms with Crippen LogP contribution in [0.2, 0.25) is 0 Å². The fourth-order valence-corrected chi connectivity index (χ4v) is 6.00. The fourth-order valence-electron chi connectivity index (χ4n) is 6.00. The number of ketones is 1. The Labute approximate surface area is 232 Å². The van der Waals surface area contributed by atoms with E-state index in [4.69, 9.17) is 9.47 Å². The molecule has 2 unspecified atom stereocenters. The number of hydrogen-bond donors (Lipinski definition) is 0. The third-order valence-corrected chi connectivity index (χ3v) is 7.87. The van der Waals surface area contributed by atoms with E-state index in [2.05, 4.69) is 0 Å². The van der Waals surface area contributed by atoms with Crippen molar-refractivity contribution in [3.05, 3.63) is 58.7 Å². The molecule has 0 aromatic heterocycles. The predicted molar refractivity (Wildman–Crippen MR) is 153 cm³/mol. The van der Waals surface area contributed by atoms with Gasteiger partial charge in [0.1, 0.15) is 11.4 Å². The molecule has 0 aliphatic carbocycles. The highest BCUT2D eigenvalue weighted by Crippen LogP contribution is 2.39. The number of nitrogens with zero attached hydrogens (tertiary/aromatic N) is 2. The van der Waals surface area contributed by atoms with E-state index in [0.717, 1.165) is 40.1 Å².